The summed E-state index contributed by atoms with van der Waals surface area (Å²) in [5, 5.41) is 4.02. The summed E-state index contributed by atoms with van der Waals surface area (Å²) >= 11 is 1.99. The zero-order valence-electron chi connectivity index (χ0n) is 8.10. The molecule has 1 aromatic rings. The summed E-state index contributed by atoms with van der Waals surface area (Å²) in [4.78, 5) is 7.97. The molecule has 0 aliphatic carbocycles. The Morgan fingerprint density at radius 2 is 2.50 bits per heavy atom. The summed E-state index contributed by atoms with van der Waals surface area (Å²) in [5.74, 6) is 2.38. The van der Waals surface area contributed by atoms with Crippen LogP contribution < -0.4 is 11.1 Å². The van der Waals surface area contributed by atoms with Gasteiger partial charge in [0.1, 0.15) is 5.82 Å². The van der Waals surface area contributed by atoms with Crippen LogP contribution >= 0.6 is 11.8 Å². The molecular weight excluding hydrogens is 196 g/mol. The number of rotatable bonds is 2. The van der Waals surface area contributed by atoms with E-state index in [-0.39, 0.29) is 0 Å². The molecule has 2 atom stereocenters. The Morgan fingerprint density at radius 1 is 1.64 bits per heavy atom. The Bertz CT molecular complexity index is 317. The largest absolute Gasteiger partial charge is 0.368 e. The van der Waals surface area contributed by atoms with Gasteiger partial charge in [-0.2, -0.15) is 16.7 Å². The minimum Gasteiger partial charge on any atom is -0.368 e. The maximum Gasteiger partial charge on any atom is 0.221 e. The van der Waals surface area contributed by atoms with Crippen LogP contribution in [-0.4, -0.2) is 27.0 Å². The van der Waals surface area contributed by atoms with Crippen molar-refractivity contribution in [2.45, 2.75) is 24.6 Å². The second-order valence-electron chi connectivity index (χ2n) is 3.42. The van der Waals surface area contributed by atoms with Crippen LogP contribution in [0.2, 0.25) is 0 Å². The van der Waals surface area contributed by atoms with Gasteiger partial charge in [0.05, 0.1) is 0 Å². The lowest BCUT2D eigenvalue weighted by molar-refractivity contribution is 0.720. The number of nitrogens with one attached hydrogen (secondary N) is 1. The molecule has 1 saturated heterocycles. The smallest absolute Gasteiger partial charge is 0.221 e. The predicted octanol–water partition coefficient (Wildman–Crippen LogP) is 1.36. The summed E-state index contributed by atoms with van der Waals surface area (Å²) in [7, 11) is 0. The third-order valence-corrected chi connectivity index (χ3v) is 3.71. The lowest BCUT2D eigenvalue weighted by atomic mass is 10.2. The van der Waals surface area contributed by atoms with E-state index in [1.54, 1.807) is 6.20 Å². The highest BCUT2D eigenvalue weighted by Gasteiger charge is 2.23. The van der Waals surface area contributed by atoms with Crippen molar-refractivity contribution in [1.82, 2.24) is 9.97 Å². The van der Waals surface area contributed by atoms with E-state index < -0.39 is 0 Å². The van der Waals surface area contributed by atoms with Crippen LogP contribution in [0.3, 0.4) is 0 Å². The van der Waals surface area contributed by atoms with Crippen molar-refractivity contribution in [3.63, 3.8) is 0 Å². The fourth-order valence-electron chi connectivity index (χ4n) is 1.57. The lowest BCUT2D eigenvalue weighted by Crippen LogP contribution is -2.25. The molecule has 0 spiro atoms. The van der Waals surface area contributed by atoms with E-state index in [1.807, 2.05) is 17.8 Å². The number of aromatic nitrogens is 2. The van der Waals surface area contributed by atoms with E-state index in [0.717, 1.165) is 5.82 Å². The highest BCUT2D eigenvalue weighted by atomic mass is 32.2. The van der Waals surface area contributed by atoms with Crippen LogP contribution in [0.25, 0.3) is 0 Å². The van der Waals surface area contributed by atoms with Crippen LogP contribution in [0.5, 0.6) is 0 Å². The van der Waals surface area contributed by atoms with Crippen molar-refractivity contribution in [3.8, 4) is 0 Å². The Labute approximate surface area is 87.7 Å². The Kier molecular flexibility index (Phi) is 2.77. The quantitative estimate of drug-likeness (QED) is 0.771. The number of nitrogens with zero attached hydrogens (tertiary/aromatic N) is 2. The van der Waals surface area contributed by atoms with E-state index in [1.165, 1.54) is 12.2 Å². The second kappa shape index (κ2) is 4.04. The maximum atomic E-state index is 5.50. The van der Waals surface area contributed by atoms with E-state index in [9.17, 15) is 0 Å². The van der Waals surface area contributed by atoms with Crippen LogP contribution in [0.15, 0.2) is 12.3 Å². The third kappa shape index (κ3) is 2.09. The van der Waals surface area contributed by atoms with Crippen LogP contribution in [0, 0.1) is 0 Å². The van der Waals surface area contributed by atoms with Crippen molar-refractivity contribution in [2.75, 3.05) is 16.8 Å². The molecule has 5 heteroatoms. The standard InChI is InChI=1S/C9H14N4S/c1-6-7(3-5-14-6)12-8-2-4-11-9(10)13-8/h2,4,6-7H,3,5H2,1H3,(H3,10,11,12,13). The normalized spacial score (nSPS) is 26.4. The van der Waals surface area contributed by atoms with E-state index in [2.05, 4.69) is 22.2 Å². The zero-order chi connectivity index (χ0) is 9.97. The van der Waals surface area contributed by atoms with Crippen molar-refractivity contribution < 1.29 is 0 Å². The van der Waals surface area contributed by atoms with Crippen molar-refractivity contribution in [1.29, 1.82) is 0 Å². The molecule has 2 rings (SSSR count). The summed E-state index contributed by atoms with van der Waals surface area (Å²) in [6, 6.07) is 2.36. The summed E-state index contributed by atoms with van der Waals surface area (Å²) in [6.07, 6.45) is 2.87. The molecular formula is C9H14N4S. The van der Waals surface area contributed by atoms with Gasteiger partial charge < -0.3 is 11.1 Å². The number of thioether (sulfide) groups is 1. The third-order valence-electron chi connectivity index (χ3n) is 2.38. The fraction of sp³-hybridized carbons (Fsp3) is 0.556. The van der Waals surface area contributed by atoms with E-state index >= 15 is 0 Å². The van der Waals surface area contributed by atoms with Crippen LogP contribution in [0.4, 0.5) is 11.8 Å². The molecule has 14 heavy (non-hydrogen) atoms. The molecule has 1 aliphatic rings. The van der Waals surface area contributed by atoms with Crippen molar-refractivity contribution in [3.05, 3.63) is 12.3 Å². The molecule has 1 aliphatic heterocycles. The molecule has 0 aromatic carbocycles. The second-order valence-corrected chi connectivity index (χ2v) is 4.90. The van der Waals surface area contributed by atoms with Crippen LogP contribution in [0.1, 0.15) is 13.3 Å². The first-order chi connectivity index (χ1) is 6.75. The number of hydrogen-bond acceptors (Lipinski definition) is 5. The van der Waals surface area contributed by atoms with Crippen LogP contribution in [-0.2, 0) is 0 Å². The highest BCUT2D eigenvalue weighted by Crippen LogP contribution is 2.28. The van der Waals surface area contributed by atoms with Gasteiger partial charge in [-0.25, -0.2) is 4.98 Å². The number of hydrogen-bond donors (Lipinski definition) is 2. The molecule has 76 valence electrons. The molecule has 0 radical (unpaired) electrons. The van der Waals surface area contributed by atoms with Gasteiger partial charge in [0.25, 0.3) is 0 Å². The summed E-state index contributed by atoms with van der Waals surface area (Å²) in [5.41, 5.74) is 5.50. The molecule has 2 heterocycles. The number of nitrogens with two attached hydrogens (primary N) is 1. The number of anilines is 2. The Hall–Kier alpha value is -0.970. The predicted molar refractivity (Wildman–Crippen MR) is 60.4 cm³/mol. The average Bonchev–Trinajstić information content (AvgIpc) is 2.52. The molecule has 0 bridgehead atoms. The first-order valence-electron chi connectivity index (χ1n) is 4.72. The topological polar surface area (TPSA) is 63.8 Å². The SMILES string of the molecule is CC1SCCC1Nc1ccnc(N)n1. The van der Waals surface area contributed by atoms with Crippen molar-refractivity contribution in [2.24, 2.45) is 0 Å². The maximum absolute atomic E-state index is 5.50. The monoisotopic (exact) mass is 210 g/mol. The molecule has 4 nitrogen and oxygen atoms in total. The van der Waals surface area contributed by atoms with Gasteiger partial charge in [-0.05, 0) is 18.2 Å². The molecule has 3 N–H and O–H groups in total. The molecule has 1 aromatic heterocycles. The van der Waals surface area contributed by atoms with Gasteiger partial charge in [-0.15, -0.1) is 0 Å². The average molecular weight is 210 g/mol. The minimum atomic E-state index is 0.327. The summed E-state index contributed by atoms with van der Waals surface area (Å²) in [6.45, 7) is 2.24. The van der Waals surface area contributed by atoms with E-state index in [0.29, 0.717) is 17.2 Å². The Morgan fingerprint density at radius 3 is 3.14 bits per heavy atom. The fourth-order valence-corrected chi connectivity index (χ4v) is 2.76. The zero-order valence-corrected chi connectivity index (χ0v) is 8.92. The van der Waals surface area contributed by atoms with Gasteiger partial charge in [-0.1, -0.05) is 6.92 Å². The summed E-state index contributed by atoms with van der Waals surface area (Å²) < 4.78 is 0. The van der Waals surface area contributed by atoms with E-state index in [4.69, 9.17) is 5.73 Å². The molecule has 2 unspecified atom stereocenters. The Balaban J connectivity index is 2.03. The van der Waals surface area contributed by atoms with Gasteiger partial charge in [0.15, 0.2) is 0 Å². The highest BCUT2D eigenvalue weighted by molar-refractivity contribution is 8.00. The van der Waals surface area contributed by atoms with Gasteiger partial charge in [0, 0.05) is 17.5 Å². The molecule has 0 amide bonds. The minimum absolute atomic E-state index is 0.327. The van der Waals surface area contributed by atoms with Gasteiger partial charge in [-0.3, -0.25) is 0 Å². The lowest BCUT2D eigenvalue weighted by Gasteiger charge is -2.16. The van der Waals surface area contributed by atoms with Gasteiger partial charge in [0.2, 0.25) is 5.95 Å². The first kappa shape index (κ1) is 9.58. The van der Waals surface area contributed by atoms with Gasteiger partial charge >= 0.3 is 0 Å². The molecule has 1 fully saturated rings. The molecule has 0 saturated carbocycles. The first-order valence-corrected chi connectivity index (χ1v) is 5.77. The van der Waals surface area contributed by atoms with Crippen molar-refractivity contribution >= 4 is 23.5 Å². The number of nitrogen functional groups attached to an aromatic ring is 1.